The Bertz CT molecular complexity index is 350. The van der Waals surface area contributed by atoms with Gasteiger partial charge in [-0.2, -0.15) is 0 Å². The highest BCUT2D eigenvalue weighted by Gasteiger charge is 2.01. The van der Waals surface area contributed by atoms with Gasteiger partial charge in [-0.1, -0.05) is 31.2 Å². The lowest BCUT2D eigenvalue weighted by atomic mass is 10.1. The lowest BCUT2D eigenvalue weighted by Gasteiger charge is -2.08. The van der Waals surface area contributed by atoms with Gasteiger partial charge < -0.3 is 10.6 Å². The van der Waals surface area contributed by atoms with Crippen molar-refractivity contribution in [3.63, 3.8) is 0 Å². The van der Waals surface area contributed by atoms with Crippen molar-refractivity contribution in [2.45, 2.75) is 33.2 Å². The highest BCUT2D eigenvalue weighted by molar-refractivity contribution is 5.76. The third-order valence-corrected chi connectivity index (χ3v) is 2.69. The third-order valence-electron chi connectivity index (χ3n) is 2.69. The van der Waals surface area contributed by atoms with Crippen molar-refractivity contribution < 1.29 is 4.79 Å². The second-order valence-corrected chi connectivity index (χ2v) is 4.20. The minimum atomic E-state index is 0.108. The van der Waals surface area contributed by atoms with Crippen molar-refractivity contribution in [2.24, 2.45) is 0 Å². The fourth-order valence-corrected chi connectivity index (χ4v) is 1.59. The molecule has 17 heavy (non-hydrogen) atoms. The molecule has 0 saturated heterocycles. The van der Waals surface area contributed by atoms with Gasteiger partial charge in [0.2, 0.25) is 5.91 Å². The molecule has 94 valence electrons. The summed E-state index contributed by atoms with van der Waals surface area (Å²) in [4.78, 5) is 11.5. The topological polar surface area (TPSA) is 41.1 Å². The van der Waals surface area contributed by atoms with E-state index in [1.807, 2.05) is 18.2 Å². The molecule has 1 amide bonds. The quantitative estimate of drug-likeness (QED) is 0.708. The van der Waals surface area contributed by atoms with Crippen molar-refractivity contribution in [1.82, 2.24) is 10.6 Å². The Labute approximate surface area is 104 Å². The Hall–Kier alpha value is -1.35. The number of hydrogen-bond donors (Lipinski definition) is 2. The largest absolute Gasteiger partial charge is 0.352 e. The number of aryl methyl sites for hydroxylation is 1. The predicted octanol–water partition coefficient (Wildman–Crippen LogP) is 2.00. The first-order valence-corrected chi connectivity index (χ1v) is 6.26. The zero-order valence-electron chi connectivity index (χ0n) is 10.8. The smallest absolute Gasteiger partial charge is 0.221 e. The van der Waals surface area contributed by atoms with Gasteiger partial charge in [0.25, 0.3) is 0 Å². The van der Waals surface area contributed by atoms with E-state index < -0.39 is 0 Å². The molecule has 2 N–H and O–H groups in total. The molecular weight excluding hydrogens is 212 g/mol. The van der Waals surface area contributed by atoms with E-state index in [4.69, 9.17) is 0 Å². The van der Waals surface area contributed by atoms with Crippen LogP contribution < -0.4 is 10.6 Å². The van der Waals surface area contributed by atoms with Crippen LogP contribution in [-0.2, 0) is 11.3 Å². The molecule has 0 spiro atoms. The van der Waals surface area contributed by atoms with Crippen LogP contribution in [0.5, 0.6) is 0 Å². The molecule has 1 aromatic carbocycles. The maximum absolute atomic E-state index is 11.5. The van der Waals surface area contributed by atoms with Crippen molar-refractivity contribution in [1.29, 1.82) is 0 Å². The van der Waals surface area contributed by atoms with Crippen LogP contribution in [0, 0.1) is 6.92 Å². The molecule has 0 heterocycles. The molecule has 0 fully saturated rings. The summed E-state index contributed by atoms with van der Waals surface area (Å²) >= 11 is 0. The number of carbonyl (C=O) groups excluding carboxylic acids is 1. The molecule has 0 aliphatic rings. The molecule has 1 aromatic rings. The zero-order chi connectivity index (χ0) is 12.5. The van der Waals surface area contributed by atoms with Crippen LogP contribution in [0.3, 0.4) is 0 Å². The minimum absolute atomic E-state index is 0.108. The van der Waals surface area contributed by atoms with E-state index in [-0.39, 0.29) is 5.91 Å². The first-order valence-electron chi connectivity index (χ1n) is 6.26. The average molecular weight is 234 g/mol. The maximum Gasteiger partial charge on any atom is 0.221 e. The van der Waals surface area contributed by atoms with Crippen LogP contribution in [0.15, 0.2) is 24.3 Å². The monoisotopic (exact) mass is 234 g/mol. The van der Waals surface area contributed by atoms with Gasteiger partial charge in [-0.3, -0.25) is 4.79 Å². The van der Waals surface area contributed by atoms with Gasteiger partial charge in [0.05, 0.1) is 0 Å². The Morgan fingerprint density at radius 1 is 1.24 bits per heavy atom. The van der Waals surface area contributed by atoms with E-state index in [0.717, 1.165) is 19.5 Å². The summed E-state index contributed by atoms with van der Waals surface area (Å²) in [5.41, 5.74) is 2.40. The van der Waals surface area contributed by atoms with E-state index in [2.05, 4.69) is 30.5 Å². The first-order chi connectivity index (χ1) is 8.24. The van der Waals surface area contributed by atoms with Crippen molar-refractivity contribution in [3.05, 3.63) is 35.4 Å². The lowest BCUT2D eigenvalue weighted by Crippen LogP contribution is -2.27. The Balaban J connectivity index is 2.22. The highest BCUT2D eigenvalue weighted by Crippen LogP contribution is 2.05. The average Bonchev–Trinajstić information content (AvgIpc) is 2.34. The minimum Gasteiger partial charge on any atom is -0.352 e. The molecule has 0 unspecified atom stereocenters. The van der Waals surface area contributed by atoms with Gasteiger partial charge in [-0.05, 0) is 31.0 Å². The van der Waals surface area contributed by atoms with Gasteiger partial charge in [-0.25, -0.2) is 0 Å². The molecule has 1 rings (SSSR count). The molecule has 0 atom stereocenters. The number of benzene rings is 1. The van der Waals surface area contributed by atoms with Crippen LogP contribution in [0.1, 0.15) is 30.9 Å². The summed E-state index contributed by atoms with van der Waals surface area (Å²) in [6.07, 6.45) is 1.65. The molecule has 3 nitrogen and oxygen atoms in total. The molecular formula is C14H22N2O. The summed E-state index contributed by atoms with van der Waals surface area (Å²) in [6, 6.07) is 8.11. The second-order valence-electron chi connectivity index (χ2n) is 4.20. The zero-order valence-corrected chi connectivity index (χ0v) is 10.8. The first kappa shape index (κ1) is 13.7. The Morgan fingerprint density at radius 2 is 2.00 bits per heavy atom. The Kier molecular flexibility index (Phi) is 6.33. The number of nitrogens with one attached hydrogen (secondary N) is 2. The van der Waals surface area contributed by atoms with Crippen LogP contribution in [0.2, 0.25) is 0 Å². The predicted molar refractivity (Wildman–Crippen MR) is 70.8 cm³/mol. The molecule has 0 aromatic heterocycles. The number of hydrogen-bond acceptors (Lipinski definition) is 2. The Morgan fingerprint density at radius 3 is 2.71 bits per heavy atom. The van der Waals surface area contributed by atoms with E-state index in [9.17, 15) is 4.79 Å². The van der Waals surface area contributed by atoms with Gasteiger partial charge in [0, 0.05) is 19.5 Å². The van der Waals surface area contributed by atoms with Gasteiger partial charge in [0.1, 0.15) is 0 Å². The van der Waals surface area contributed by atoms with Gasteiger partial charge in [0.15, 0.2) is 0 Å². The fraction of sp³-hybridized carbons (Fsp3) is 0.500. The fourth-order valence-electron chi connectivity index (χ4n) is 1.59. The number of rotatable bonds is 7. The number of amides is 1. The summed E-state index contributed by atoms with van der Waals surface area (Å²) < 4.78 is 0. The van der Waals surface area contributed by atoms with E-state index in [1.54, 1.807) is 0 Å². The van der Waals surface area contributed by atoms with Crippen LogP contribution in [0.4, 0.5) is 0 Å². The van der Waals surface area contributed by atoms with Crippen molar-refractivity contribution in [2.75, 3.05) is 13.1 Å². The molecule has 3 heteroatoms. The molecule has 0 aliphatic carbocycles. The third kappa shape index (κ3) is 5.50. The summed E-state index contributed by atoms with van der Waals surface area (Å²) in [7, 11) is 0. The van der Waals surface area contributed by atoms with E-state index in [1.165, 1.54) is 11.1 Å². The van der Waals surface area contributed by atoms with Crippen molar-refractivity contribution in [3.8, 4) is 0 Å². The lowest BCUT2D eigenvalue weighted by molar-refractivity contribution is -0.121. The maximum atomic E-state index is 11.5. The van der Waals surface area contributed by atoms with Crippen LogP contribution >= 0.6 is 0 Å². The molecule has 0 saturated carbocycles. The highest BCUT2D eigenvalue weighted by atomic mass is 16.1. The van der Waals surface area contributed by atoms with Crippen molar-refractivity contribution >= 4 is 5.91 Å². The number of carbonyl (C=O) groups is 1. The summed E-state index contributed by atoms with van der Waals surface area (Å²) in [5, 5.41) is 6.15. The summed E-state index contributed by atoms with van der Waals surface area (Å²) in [5.74, 6) is 0.108. The normalized spacial score (nSPS) is 10.2. The van der Waals surface area contributed by atoms with Crippen LogP contribution in [-0.4, -0.2) is 19.0 Å². The van der Waals surface area contributed by atoms with E-state index >= 15 is 0 Å². The SMILES string of the molecule is CCCNCCC(=O)NCc1ccccc1C. The summed E-state index contributed by atoms with van der Waals surface area (Å²) in [6.45, 7) is 6.54. The van der Waals surface area contributed by atoms with Gasteiger partial charge in [-0.15, -0.1) is 0 Å². The van der Waals surface area contributed by atoms with E-state index in [0.29, 0.717) is 13.0 Å². The molecule has 0 aliphatic heterocycles. The second kappa shape index (κ2) is 7.85. The van der Waals surface area contributed by atoms with Crippen LogP contribution in [0.25, 0.3) is 0 Å². The molecule has 0 bridgehead atoms. The standard InChI is InChI=1S/C14H22N2O/c1-3-9-15-10-8-14(17)16-11-13-7-5-4-6-12(13)2/h4-7,15H,3,8-11H2,1-2H3,(H,16,17). The molecule has 0 radical (unpaired) electrons. The van der Waals surface area contributed by atoms with Gasteiger partial charge >= 0.3 is 0 Å².